The summed E-state index contributed by atoms with van der Waals surface area (Å²) in [5.74, 6) is -0.886. The number of benzene rings is 3. The van der Waals surface area contributed by atoms with E-state index < -0.39 is 11.4 Å². The predicted molar refractivity (Wildman–Crippen MR) is 136 cm³/mol. The van der Waals surface area contributed by atoms with Gasteiger partial charge in [0.15, 0.2) is 4.77 Å². The molecule has 2 aromatic heterocycles. The summed E-state index contributed by atoms with van der Waals surface area (Å²) in [6, 6.07) is 22.1. The van der Waals surface area contributed by atoms with Gasteiger partial charge >= 0.3 is 0 Å². The van der Waals surface area contributed by atoms with Gasteiger partial charge in [0, 0.05) is 23.6 Å². The highest BCUT2D eigenvalue weighted by Crippen LogP contribution is 2.18. The van der Waals surface area contributed by atoms with Crippen molar-refractivity contribution in [1.29, 1.82) is 0 Å². The van der Waals surface area contributed by atoms with Crippen molar-refractivity contribution in [1.82, 2.24) is 14.5 Å². The van der Waals surface area contributed by atoms with Gasteiger partial charge in [0.05, 0.1) is 16.6 Å². The molecule has 0 unspecified atom stereocenters. The first kappa shape index (κ1) is 22.4. The summed E-state index contributed by atoms with van der Waals surface area (Å²) in [6.45, 7) is 0. The fraction of sp³-hybridized carbons (Fsp3) is 0.0370. The number of hydrogen-bond donors (Lipinski definition) is 2. The Morgan fingerprint density at radius 3 is 2.43 bits per heavy atom. The lowest BCUT2D eigenvalue weighted by Crippen LogP contribution is -2.22. The fourth-order valence-electron chi connectivity index (χ4n) is 3.86. The van der Waals surface area contributed by atoms with Gasteiger partial charge in [0.2, 0.25) is 0 Å². The molecule has 3 aromatic carbocycles. The molecule has 2 N–H and O–H groups in total. The van der Waals surface area contributed by atoms with Crippen molar-refractivity contribution in [2.45, 2.75) is 6.42 Å². The van der Waals surface area contributed by atoms with Gasteiger partial charge in [-0.1, -0.05) is 24.3 Å². The maximum absolute atomic E-state index is 14.3. The average molecular weight is 483 g/mol. The molecule has 0 aliphatic carbocycles. The van der Waals surface area contributed by atoms with Crippen LogP contribution in [0.5, 0.6) is 0 Å². The van der Waals surface area contributed by atoms with Gasteiger partial charge in [-0.15, -0.1) is 0 Å². The van der Waals surface area contributed by atoms with Crippen LogP contribution < -0.4 is 10.9 Å². The molecule has 1 amide bonds. The standard InChI is InChI=1S/C27H19FN4O2S/c28-22-3-1-2-4-24(22)32-26(34)21-10-7-19(16-23(21)31-27(32)35)25(33)30-20-8-5-17(6-9-20)15-18-11-13-29-14-12-18/h1-14,16H,15H2,(H,30,33)(H,31,35). The summed E-state index contributed by atoms with van der Waals surface area (Å²) >= 11 is 5.32. The van der Waals surface area contributed by atoms with Crippen molar-refractivity contribution in [3.05, 3.63) is 129 Å². The summed E-state index contributed by atoms with van der Waals surface area (Å²) in [5, 5.41) is 3.16. The summed E-state index contributed by atoms with van der Waals surface area (Å²) in [7, 11) is 0. The molecule has 172 valence electrons. The molecule has 0 fully saturated rings. The zero-order chi connectivity index (χ0) is 24.4. The summed E-state index contributed by atoms with van der Waals surface area (Å²) in [6.07, 6.45) is 4.29. The first-order valence-corrected chi connectivity index (χ1v) is 11.2. The molecular weight excluding hydrogens is 463 g/mol. The summed E-state index contributed by atoms with van der Waals surface area (Å²) < 4.78 is 15.4. The largest absolute Gasteiger partial charge is 0.331 e. The second-order valence-corrected chi connectivity index (χ2v) is 8.35. The molecule has 0 saturated carbocycles. The summed E-state index contributed by atoms with van der Waals surface area (Å²) in [5.41, 5.74) is 3.26. The van der Waals surface area contributed by atoms with Crippen LogP contribution in [-0.4, -0.2) is 20.4 Å². The van der Waals surface area contributed by atoms with Crippen molar-refractivity contribution < 1.29 is 9.18 Å². The molecule has 35 heavy (non-hydrogen) atoms. The second-order valence-electron chi connectivity index (χ2n) is 7.97. The lowest BCUT2D eigenvalue weighted by molar-refractivity contribution is 0.102. The first-order valence-electron chi connectivity index (χ1n) is 10.8. The Balaban J connectivity index is 1.39. The summed E-state index contributed by atoms with van der Waals surface area (Å²) in [4.78, 5) is 32.9. The number of nitrogens with zero attached hydrogens (tertiary/aromatic N) is 2. The van der Waals surface area contributed by atoms with Gasteiger partial charge in [-0.2, -0.15) is 0 Å². The number of aromatic amines is 1. The van der Waals surface area contributed by atoms with E-state index in [9.17, 15) is 14.0 Å². The lowest BCUT2D eigenvalue weighted by atomic mass is 10.1. The highest BCUT2D eigenvalue weighted by atomic mass is 32.1. The van der Waals surface area contributed by atoms with E-state index in [0.29, 0.717) is 22.2 Å². The number of hydrogen-bond acceptors (Lipinski definition) is 4. The Bertz CT molecular complexity index is 1660. The minimum atomic E-state index is -0.559. The van der Waals surface area contributed by atoms with Crippen LogP contribution in [0, 0.1) is 10.6 Å². The van der Waals surface area contributed by atoms with Crippen LogP contribution >= 0.6 is 12.2 Å². The van der Waals surface area contributed by atoms with Crippen LogP contribution in [0.15, 0.2) is 96.1 Å². The Morgan fingerprint density at radius 1 is 0.971 bits per heavy atom. The van der Waals surface area contributed by atoms with Gasteiger partial charge in [-0.25, -0.2) is 8.96 Å². The van der Waals surface area contributed by atoms with E-state index in [2.05, 4.69) is 15.3 Å². The Labute approximate surface area is 204 Å². The molecule has 0 bridgehead atoms. The van der Waals surface area contributed by atoms with E-state index in [1.165, 1.54) is 24.3 Å². The zero-order valence-corrected chi connectivity index (χ0v) is 19.2. The van der Waals surface area contributed by atoms with Gasteiger partial charge in [0.25, 0.3) is 11.5 Å². The molecule has 2 heterocycles. The van der Waals surface area contributed by atoms with Gasteiger partial charge in [-0.05, 0) is 84.4 Å². The molecule has 0 spiro atoms. The maximum atomic E-state index is 14.3. The van der Waals surface area contributed by atoms with Crippen LogP contribution in [0.2, 0.25) is 0 Å². The van der Waals surface area contributed by atoms with E-state index in [1.54, 1.807) is 30.6 Å². The number of carbonyl (C=O) groups is 1. The molecule has 6 nitrogen and oxygen atoms in total. The van der Waals surface area contributed by atoms with Crippen molar-refractivity contribution in [3.63, 3.8) is 0 Å². The number of halogens is 1. The Hall–Kier alpha value is -4.43. The van der Waals surface area contributed by atoms with Crippen LogP contribution in [0.1, 0.15) is 21.5 Å². The Kier molecular flexibility index (Phi) is 6.03. The number of nitrogens with one attached hydrogen (secondary N) is 2. The van der Waals surface area contributed by atoms with Crippen LogP contribution in [0.4, 0.5) is 10.1 Å². The monoisotopic (exact) mass is 482 g/mol. The van der Waals surface area contributed by atoms with Crippen LogP contribution in [0.25, 0.3) is 16.6 Å². The normalized spacial score (nSPS) is 10.9. The first-order chi connectivity index (χ1) is 17.0. The predicted octanol–water partition coefficient (Wildman–Crippen LogP) is 5.43. The molecule has 5 rings (SSSR count). The number of rotatable bonds is 5. The maximum Gasteiger partial charge on any atom is 0.266 e. The van der Waals surface area contributed by atoms with Crippen LogP contribution in [-0.2, 0) is 6.42 Å². The second kappa shape index (κ2) is 9.44. The topological polar surface area (TPSA) is 79.8 Å². The fourth-order valence-corrected chi connectivity index (χ4v) is 4.15. The molecule has 0 aliphatic rings. The highest BCUT2D eigenvalue weighted by Gasteiger charge is 2.13. The van der Waals surface area contributed by atoms with E-state index in [4.69, 9.17) is 12.2 Å². The van der Waals surface area contributed by atoms with Crippen molar-refractivity contribution in [2.24, 2.45) is 0 Å². The van der Waals surface area contributed by atoms with Gasteiger partial charge in [-0.3, -0.25) is 14.6 Å². The highest BCUT2D eigenvalue weighted by molar-refractivity contribution is 7.71. The molecule has 8 heteroatoms. The Morgan fingerprint density at radius 2 is 1.69 bits per heavy atom. The lowest BCUT2D eigenvalue weighted by Gasteiger charge is -2.10. The number of aromatic nitrogens is 3. The molecular formula is C27H19FN4O2S. The van der Waals surface area contributed by atoms with E-state index in [-0.39, 0.29) is 16.4 Å². The number of anilines is 1. The number of H-pyrrole nitrogens is 1. The molecule has 5 aromatic rings. The minimum absolute atomic E-state index is 0.0370. The quantitative estimate of drug-likeness (QED) is 0.328. The molecule has 0 radical (unpaired) electrons. The van der Waals surface area contributed by atoms with Crippen LogP contribution in [0.3, 0.4) is 0 Å². The van der Waals surface area contributed by atoms with Crippen molar-refractivity contribution in [3.8, 4) is 5.69 Å². The van der Waals surface area contributed by atoms with E-state index >= 15 is 0 Å². The third-order valence-corrected chi connectivity index (χ3v) is 5.91. The van der Waals surface area contributed by atoms with Crippen molar-refractivity contribution >= 4 is 34.7 Å². The number of amides is 1. The number of para-hydroxylation sites is 1. The van der Waals surface area contributed by atoms with Gasteiger partial charge in [0.1, 0.15) is 5.82 Å². The molecule has 0 atom stereocenters. The third-order valence-electron chi connectivity index (χ3n) is 5.62. The zero-order valence-electron chi connectivity index (χ0n) is 18.4. The number of fused-ring (bicyclic) bond motifs is 1. The minimum Gasteiger partial charge on any atom is -0.331 e. The van der Waals surface area contributed by atoms with E-state index in [1.807, 2.05) is 36.4 Å². The van der Waals surface area contributed by atoms with Gasteiger partial charge < -0.3 is 10.3 Å². The molecule has 0 saturated heterocycles. The SMILES string of the molecule is O=C(Nc1ccc(Cc2ccncc2)cc1)c1ccc2c(=O)n(-c3ccccc3F)c(=S)[nH]c2c1. The smallest absolute Gasteiger partial charge is 0.266 e. The molecule has 0 aliphatic heterocycles. The van der Waals surface area contributed by atoms with E-state index in [0.717, 1.165) is 22.1 Å². The third kappa shape index (κ3) is 4.64. The number of pyridine rings is 1. The number of carbonyl (C=O) groups excluding carboxylic acids is 1. The average Bonchev–Trinajstić information content (AvgIpc) is 2.86. The van der Waals surface area contributed by atoms with Crippen molar-refractivity contribution in [2.75, 3.05) is 5.32 Å².